The fourth-order valence-electron chi connectivity index (χ4n) is 1.26. The van der Waals surface area contributed by atoms with Crippen LogP contribution in [0.1, 0.15) is 0 Å². The summed E-state index contributed by atoms with van der Waals surface area (Å²) in [6, 6.07) is -2.82. The van der Waals surface area contributed by atoms with E-state index in [0.717, 1.165) is 0 Å². The molecule has 2 amide bonds. The first-order valence-corrected chi connectivity index (χ1v) is 3.76. The second-order valence-corrected chi connectivity index (χ2v) is 2.79. The molecule has 13 heavy (non-hydrogen) atoms. The highest BCUT2D eigenvalue weighted by molar-refractivity contribution is 5.72. The molecule has 0 aliphatic carbocycles. The maximum absolute atomic E-state index is 12.3. The molecule has 0 saturated carbocycles. The highest BCUT2D eigenvalue weighted by Crippen LogP contribution is 2.25. The molecule has 1 fully saturated rings. The minimum absolute atomic E-state index is 0.000486. The van der Waals surface area contributed by atoms with E-state index in [0.29, 0.717) is 11.4 Å². The van der Waals surface area contributed by atoms with Crippen LogP contribution in [0, 0.1) is 0 Å². The van der Waals surface area contributed by atoms with Crippen molar-refractivity contribution in [2.24, 2.45) is 5.73 Å². The van der Waals surface area contributed by atoms with E-state index in [-0.39, 0.29) is 13.1 Å². The molecular weight excluding hydrogens is 187 g/mol. The van der Waals surface area contributed by atoms with E-state index >= 15 is 0 Å². The minimum Gasteiger partial charge on any atom is -0.351 e. The van der Waals surface area contributed by atoms with Crippen LogP contribution >= 0.6 is 0 Å². The molecule has 3 N–H and O–H groups in total. The fraction of sp³-hybridized carbons (Fsp3) is 0.833. The van der Waals surface area contributed by atoms with Crippen molar-refractivity contribution < 1.29 is 18.0 Å². The summed E-state index contributed by atoms with van der Waals surface area (Å²) >= 11 is 0. The van der Waals surface area contributed by atoms with Crippen molar-refractivity contribution in [2.75, 3.05) is 19.6 Å². The Morgan fingerprint density at radius 2 is 2.15 bits per heavy atom. The molecule has 1 saturated heterocycles. The molecule has 7 heteroatoms. The van der Waals surface area contributed by atoms with Gasteiger partial charge in [0.15, 0.2) is 0 Å². The third-order valence-electron chi connectivity index (χ3n) is 1.90. The van der Waals surface area contributed by atoms with Gasteiger partial charge in [0.25, 0.3) is 0 Å². The van der Waals surface area contributed by atoms with Crippen molar-refractivity contribution in [2.45, 2.75) is 12.2 Å². The van der Waals surface area contributed by atoms with Gasteiger partial charge in [0, 0.05) is 19.6 Å². The smallest absolute Gasteiger partial charge is 0.351 e. The van der Waals surface area contributed by atoms with E-state index in [1.54, 1.807) is 0 Å². The summed E-state index contributed by atoms with van der Waals surface area (Å²) < 4.78 is 36.8. The number of piperazine rings is 1. The van der Waals surface area contributed by atoms with Crippen LogP contribution in [0.4, 0.5) is 18.0 Å². The number of primary amides is 1. The number of hydrogen-bond donors (Lipinski definition) is 2. The lowest BCUT2D eigenvalue weighted by Gasteiger charge is -2.35. The molecule has 0 aromatic heterocycles. The Labute approximate surface area is 72.9 Å². The van der Waals surface area contributed by atoms with Gasteiger partial charge >= 0.3 is 12.2 Å². The molecule has 0 bridgehead atoms. The second-order valence-electron chi connectivity index (χ2n) is 2.79. The SMILES string of the molecule is NC(=O)N1CCNCC1C(F)(F)F. The number of hydrogen-bond acceptors (Lipinski definition) is 2. The summed E-state index contributed by atoms with van der Waals surface area (Å²) in [4.78, 5) is 11.3. The van der Waals surface area contributed by atoms with Gasteiger partial charge in [-0.25, -0.2) is 4.79 Å². The van der Waals surface area contributed by atoms with Gasteiger partial charge in [-0.1, -0.05) is 0 Å². The lowest BCUT2D eigenvalue weighted by molar-refractivity contribution is -0.178. The number of urea groups is 1. The molecule has 0 radical (unpaired) electrons. The zero-order valence-corrected chi connectivity index (χ0v) is 6.77. The molecule has 0 aromatic rings. The average molecular weight is 197 g/mol. The number of amides is 2. The Morgan fingerprint density at radius 1 is 1.54 bits per heavy atom. The summed E-state index contributed by atoms with van der Waals surface area (Å²) in [7, 11) is 0. The van der Waals surface area contributed by atoms with Crippen LogP contribution in [-0.4, -0.2) is 42.8 Å². The Morgan fingerprint density at radius 3 is 2.54 bits per heavy atom. The van der Waals surface area contributed by atoms with E-state index in [4.69, 9.17) is 5.73 Å². The number of carbonyl (C=O) groups excluding carboxylic acids is 1. The van der Waals surface area contributed by atoms with Gasteiger partial charge in [-0.15, -0.1) is 0 Å². The average Bonchev–Trinajstić information content (AvgIpc) is 2.03. The van der Waals surface area contributed by atoms with Crippen LogP contribution in [-0.2, 0) is 0 Å². The lowest BCUT2D eigenvalue weighted by Crippen LogP contribution is -2.60. The number of rotatable bonds is 0. The van der Waals surface area contributed by atoms with Crippen molar-refractivity contribution in [3.63, 3.8) is 0 Å². The number of alkyl halides is 3. The summed E-state index contributed by atoms with van der Waals surface area (Å²) in [6.45, 7) is 0.0570. The monoisotopic (exact) mass is 197 g/mol. The molecule has 1 aliphatic rings. The van der Waals surface area contributed by atoms with Gasteiger partial charge in [-0.05, 0) is 0 Å². The molecule has 1 heterocycles. The molecular formula is C6H10F3N3O. The van der Waals surface area contributed by atoms with Gasteiger partial charge in [0.2, 0.25) is 0 Å². The van der Waals surface area contributed by atoms with E-state index in [1.165, 1.54) is 0 Å². The number of nitrogens with one attached hydrogen (secondary N) is 1. The van der Waals surface area contributed by atoms with Crippen molar-refractivity contribution in [1.29, 1.82) is 0 Å². The Kier molecular flexibility index (Phi) is 2.65. The third-order valence-corrected chi connectivity index (χ3v) is 1.90. The summed E-state index contributed by atoms with van der Waals surface area (Å²) in [6.07, 6.45) is -4.41. The van der Waals surface area contributed by atoms with Gasteiger partial charge in [-0.2, -0.15) is 13.2 Å². The van der Waals surface area contributed by atoms with Gasteiger partial charge in [0.05, 0.1) is 0 Å². The van der Waals surface area contributed by atoms with Crippen LogP contribution < -0.4 is 11.1 Å². The van der Waals surface area contributed by atoms with Crippen LogP contribution in [0.2, 0.25) is 0 Å². The maximum Gasteiger partial charge on any atom is 0.410 e. The Balaban J connectivity index is 2.73. The number of carbonyl (C=O) groups is 1. The predicted molar refractivity (Wildman–Crippen MR) is 39.0 cm³/mol. The Bertz CT molecular complexity index is 206. The van der Waals surface area contributed by atoms with Crippen molar-refractivity contribution in [3.05, 3.63) is 0 Å². The standard InChI is InChI=1S/C6H10F3N3O/c7-6(8,9)4-3-11-1-2-12(4)5(10)13/h4,11H,1-3H2,(H2,10,13). The van der Waals surface area contributed by atoms with Crippen LogP contribution in [0.15, 0.2) is 0 Å². The predicted octanol–water partition coefficient (Wildman–Crippen LogP) is -0.0988. The Hall–Kier alpha value is -0.980. The topological polar surface area (TPSA) is 58.4 Å². The third kappa shape index (κ3) is 2.24. The van der Waals surface area contributed by atoms with Crippen molar-refractivity contribution in [1.82, 2.24) is 10.2 Å². The molecule has 0 aromatic carbocycles. The number of nitrogens with zero attached hydrogens (tertiary/aromatic N) is 1. The summed E-state index contributed by atoms with van der Waals surface area (Å²) in [5.41, 5.74) is 4.81. The van der Waals surface area contributed by atoms with Crippen LogP contribution in [0.3, 0.4) is 0 Å². The summed E-state index contributed by atoms with van der Waals surface area (Å²) in [5, 5.41) is 2.56. The van der Waals surface area contributed by atoms with E-state index < -0.39 is 18.2 Å². The van der Waals surface area contributed by atoms with Gasteiger partial charge in [0.1, 0.15) is 6.04 Å². The molecule has 4 nitrogen and oxygen atoms in total. The van der Waals surface area contributed by atoms with E-state index in [9.17, 15) is 18.0 Å². The summed E-state index contributed by atoms with van der Waals surface area (Å²) in [5.74, 6) is 0. The molecule has 76 valence electrons. The molecule has 1 aliphatic heterocycles. The minimum atomic E-state index is -4.41. The molecule has 1 rings (SSSR count). The largest absolute Gasteiger partial charge is 0.410 e. The van der Waals surface area contributed by atoms with Gasteiger partial charge < -0.3 is 16.0 Å². The second kappa shape index (κ2) is 3.41. The highest BCUT2D eigenvalue weighted by Gasteiger charge is 2.45. The maximum atomic E-state index is 12.3. The normalized spacial score (nSPS) is 24.5. The molecule has 1 atom stereocenters. The van der Waals surface area contributed by atoms with E-state index in [1.807, 2.05) is 0 Å². The highest BCUT2D eigenvalue weighted by atomic mass is 19.4. The van der Waals surface area contributed by atoms with E-state index in [2.05, 4.69) is 5.32 Å². The van der Waals surface area contributed by atoms with Crippen molar-refractivity contribution in [3.8, 4) is 0 Å². The lowest BCUT2D eigenvalue weighted by atomic mass is 10.2. The van der Waals surface area contributed by atoms with Gasteiger partial charge in [-0.3, -0.25) is 0 Å². The first-order valence-electron chi connectivity index (χ1n) is 3.76. The zero-order valence-electron chi connectivity index (χ0n) is 6.77. The van der Waals surface area contributed by atoms with Crippen LogP contribution in [0.25, 0.3) is 0 Å². The van der Waals surface area contributed by atoms with Crippen molar-refractivity contribution >= 4 is 6.03 Å². The first kappa shape index (κ1) is 10.1. The quantitative estimate of drug-likeness (QED) is 0.569. The zero-order chi connectivity index (χ0) is 10.1. The molecule has 1 unspecified atom stereocenters. The molecule has 0 spiro atoms. The van der Waals surface area contributed by atoms with Crippen LogP contribution in [0.5, 0.6) is 0 Å². The number of nitrogens with two attached hydrogens (primary N) is 1. The fourth-order valence-corrected chi connectivity index (χ4v) is 1.26. The first-order chi connectivity index (χ1) is 5.93. The number of halogens is 3.